The summed E-state index contributed by atoms with van der Waals surface area (Å²) in [5.41, 5.74) is 1.78. The molecular weight excluding hydrogens is 398 g/mol. The number of hydrogen-bond acceptors (Lipinski definition) is 5. The van der Waals surface area contributed by atoms with Crippen molar-refractivity contribution in [3.8, 4) is 0 Å². The fourth-order valence-corrected chi connectivity index (χ4v) is 5.12. The highest BCUT2D eigenvalue weighted by atomic mass is 28.3. The maximum atomic E-state index is 13.4. The quantitative estimate of drug-likeness (QED) is 0.426. The predicted molar refractivity (Wildman–Crippen MR) is 116 cm³/mol. The highest BCUT2D eigenvalue weighted by Crippen LogP contribution is 2.42. The number of methoxy groups -OCH3 is 1. The molecule has 1 N–H and O–H groups in total. The minimum atomic E-state index is -0.873. The van der Waals surface area contributed by atoms with Crippen LogP contribution in [-0.2, 0) is 20.4 Å². The lowest BCUT2D eigenvalue weighted by molar-refractivity contribution is -0.143. The molecule has 163 valence electrons. The third-order valence-corrected chi connectivity index (χ3v) is 7.13. The maximum Gasteiger partial charge on any atom is 0.337 e. The first kappa shape index (κ1) is 22.7. The number of aryl methyl sites for hydroxylation is 1. The number of hydrogen-bond donors (Lipinski definition) is 1. The summed E-state index contributed by atoms with van der Waals surface area (Å²) in [7, 11) is 0.455. The normalized spacial score (nSPS) is 24.7. The van der Waals surface area contributed by atoms with Crippen LogP contribution < -0.4 is 5.32 Å². The first-order valence-corrected chi connectivity index (χ1v) is 12.9. The Morgan fingerprint density at radius 3 is 2.53 bits per heavy atom. The zero-order valence-electron chi connectivity index (χ0n) is 18.7. The van der Waals surface area contributed by atoms with Gasteiger partial charge in [-0.1, -0.05) is 26.8 Å². The van der Waals surface area contributed by atoms with E-state index in [0.29, 0.717) is 24.2 Å². The number of amides is 1. The number of ether oxygens (including phenoxy) is 1. The Labute approximate surface area is 180 Å². The molecule has 0 unspecified atom stereocenters. The SMILES string of the molecule is COC(=O)c1ccc2c(c1)C(=O)[C@@H]([C@H]1NC(=O)[C@H]1[C@@H](CO[Si](C)C)C(C)(C)C)CC2. The molecule has 1 saturated heterocycles. The van der Waals surface area contributed by atoms with Gasteiger partial charge in [0.05, 0.1) is 24.6 Å². The molecule has 1 heterocycles. The zero-order chi connectivity index (χ0) is 22.2. The maximum absolute atomic E-state index is 13.4. The molecule has 0 saturated carbocycles. The second-order valence-corrected chi connectivity index (χ2v) is 11.7. The molecule has 1 aromatic rings. The predicted octanol–water partition coefficient (Wildman–Crippen LogP) is 3.26. The number of carbonyl (C=O) groups is 3. The van der Waals surface area contributed by atoms with Crippen molar-refractivity contribution >= 4 is 26.7 Å². The van der Waals surface area contributed by atoms with Gasteiger partial charge in [-0.2, -0.15) is 0 Å². The lowest BCUT2D eigenvalue weighted by Gasteiger charge is -2.49. The molecule has 0 aromatic heterocycles. The van der Waals surface area contributed by atoms with Crippen molar-refractivity contribution in [1.29, 1.82) is 0 Å². The summed E-state index contributed by atoms with van der Waals surface area (Å²) in [5, 5.41) is 3.01. The summed E-state index contributed by atoms with van der Waals surface area (Å²) in [4.78, 5) is 37.9. The molecule has 1 radical (unpaired) electrons. The summed E-state index contributed by atoms with van der Waals surface area (Å²) < 4.78 is 10.8. The van der Waals surface area contributed by atoms with Crippen LogP contribution in [0.15, 0.2) is 18.2 Å². The number of ketones is 1. The van der Waals surface area contributed by atoms with Gasteiger partial charge in [-0.05, 0) is 55.0 Å². The summed E-state index contributed by atoms with van der Waals surface area (Å²) in [6.45, 7) is 11.1. The van der Waals surface area contributed by atoms with Crippen molar-refractivity contribution in [2.75, 3.05) is 13.7 Å². The fourth-order valence-electron chi connectivity index (χ4n) is 4.60. The molecule has 6 nitrogen and oxygen atoms in total. The molecule has 7 heteroatoms. The summed E-state index contributed by atoms with van der Waals surface area (Å²) in [6.07, 6.45) is 1.44. The van der Waals surface area contributed by atoms with E-state index in [1.54, 1.807) is 12.1 Å². The number of fused-ring (bicyclic) bond motifs is 1. The summed E-state index contributed by atoms with van der Waals surface area (Å²) in [5.74, 6) is -0.944. The zero-order valence-corrected chi connectivity index (χ0v) is 19.7. The van der Waals surface area contributed by atoms with Crippen molar-refractivity contribution < 1.29 is 23.5 Å². The first-order valence-electron chi connectivity index (χ1n) is 10.5. The molecule has 0 bridgehead atoms. The van der Waals surface area contributed by atoms with Crippen LogP contribution in [0.1, 0.15) is 53.5 Å². The second kappa shape index (κ2) is 8.63. The third kappa shape index (κ3) is 4.37. The lowest BCUT2D eigenvalue weighted by Crippen LogP contribution is -2.67. The number of benzene rings is 1. The topological polar surface area (TPSA) is 81.7 Å². The van der Waals surface area contributed by atoms with Gasteiger partial charge >= 0.3 is 5.97 Å². The van der Waals surface area contributed by atoms with Gasteiger partial charge in [-0.15, -0.1) is 0 Å². The smallest absolute Gasteiger partial charge is 0.337 e. The van der Waals surface area contributed by atoms with Crippen molar-refractivity contribution in [1.82, 2.24) is 5.32 Å². The van der Waals surface area contributed by atoms with E-state index in [1.165, 1.54) is 7.11 Å². The second-order valence-electron chi connectivity index (χ2n) is 9.62. The van der Waals surface area contributed by atoms with Crippen LogP contribution in [0.5, 0.6) is 0 Å². The molecule has 1 amide bonds. The van der Waals surface area contributed by atoms with E-state index in [0.717, 1.165) is 12.0 Å². The molecule has 2 aliphatic rings. The third-order valence-electron chi connectivity index (χ3n) is 6.39. The van der Waals surface area contributed by atoms with Crippen LogP contribution in [-0.4, -0.2) is 46.5 Å². The molecule has 1 aromatic carbocycles. The van der Waals surface area contributed by atoms with Gasteiger partial charge in [-0.3, -0.25) is 9.59 Å². The highest BCUT2D eigenvalue weighted by molar-refractivity contribution is 6.48. The van der Waals surface area contributed by atoms with E-state index in [2.05, 4.69) is 39.2 Å². The van der Waals surface area contributed by atoms with Crippen LogP contribution in [0, 0.1) is 23.2 Å². The van der Waals surface area contributed by atoms with Gasteiger partial charge in [0, 0.05) is 18.1 Å². The van der Waals surface area contributed by atoms with E-state index in [-0.39, 0.29) is 40.9 Å². The Kier molecular flexibility index (Phi) is 6.53. The Morgan fingerprint density at radius 1 is 1.27 bits per heavy atom. The summed E-state index contributed by atoms with van der Waals surface area (Å²) >= 11 is 0. The number of nitrogens with one attached hydrogen (secondary N) is 1. The largest absolute Gasteiger partial charge is 0.465 e. The van der Waals surface area contributed by atoms with E-state index < -0.39 is 15.0 Å². The van der Waals surface area contributed by atoms with E-state index >= 15 is 0 Å². The van der Waals surface area contributed by atoms with Gasteiger partial charge in [-0.25, -0.2) is 4.79 Å². The molecule has 30 heavy (non-hydrogen) atoms. The van der Waals surface area contributed by atoms with Crippen LogP contribution in [0.3, 0.4) is 0 Å². The fraction of sp³-hybridized carbons (Fsp3) is 0.609. The molecule has 4 atom stereocenters. The van der Waals surface area contributed by atoms with Gasteiger partial charge in [0.25, 0.3) is 0 Å². The van der Waals surface area contributed by atoms with E-state index in [1.807, 2.05) is 6.07 Å². The minimum Gasteiger partial charge on any atom is -0.465 e. The number of esters is 1. The van der Waals surface area contributed by atoms with Gasteiger partial charge in [0.1, 0.15) is 0 Å². The summed E-state index contributed by atoms with van der Waals surface area (Å²) in [6, 6.07) is 4.98. The van der Waals surface area contributed by atoms with Crippen molar-refractivity contribution in [3.63, 3.8) is 0 Å². The number of Topliss-reactive ketones (excluding diaryl/α,β-unsaturated/α-hetero) is 1. The monoisotopic (exact) mass is 430 g/mol. The Morgan fingerprint density at radius 2 is 1.97 bits per heavy atom. The number of β-lactam (4-membered cyclic amide) rings is 1. The Hall–Kier alpha value is -1.99. The van der Waals surface area contributed by atoms with Crippen LogP contribution in [0.2, 0.25) is 13.1 Å². The van der Waals surface area contributed by atoms with E-state index in [9.17, 15) is 14.4 Å². The standard InChI is InChI=1S/C23H32NO5Si/c1-23(2,3)17(12-29-30(5)6)18-19(24-21(18)26)15-10-9-13-7-8-14(22(27)28-4)11-16(13)20(15)25/h7-8,11,15,17-19H,9-10,12H2,1-6H3,(H,24,26)/t15-,17-,18+,19-/m1/s1. The lowest BCUT2D eigenvalue weighted by atomic mass is 9.62. The molecule has 1 aliphatic carbocycles. The highest BCUT2D eigenvalue weighted by Gasteiger charge is 2.53. The molecular formula is C23H32NO5Si. The van der Waals surface area contributed by atoms with Crippen LogP contribution in [0.25, 0.3) is 0 Å². The Balaban J connectivity index is 1.86. The van der Waals surface area contributed by atoms with Crippen LogP contribution >= 0.6 is 0 Å². The molecule has 1 aliphatic heterocycles. The molecule has 3 rings (SSSR count). The van der Waals surface area contributed by atoms with Crippen molar-refractivity contribution in [2.45, 2.75) is 52.7 Å². The average Bonchev–Trinajstić information content (AvgIpc) is 2.68. The van der Waals surface area contributed by atoms with Gasteiger partial charge in [0.2, 0.25) is 14.9 Å². The molecule has 1 fully saturated rings. The Bertz CT molecular complexity index is 844. The minimum absolute atomic E-state index is 0.00122. The van der Waals surface area contributed by atoms with E-state index in [4.69, 9.17) is 9.16 Å². The molecule has 0 spiro atoms. The number of carbonyl (C=O) groups excluding carboxylic acids is 3. The van der Waals surface area contributed by atoms with Gasteiger partial charge < -0.3 is 14.5 Å². The average molecular weight is 431 g/mol. The number of rotatable bonds is 6. The van der Waals surface area contributed by atoms with Crippen molar-refractivity contribution in [2.24, 2.45) is 23.2 Å². The van der Waals surface area contributed by atoms with Gasteiger partial charge in [0.15, 0.2) is 5.78 Å². The van der Waals surface area contributed by atoms with Crippen LogP contribution in [0.4, 0.5) is 0 Å². The van der Waals surface area contributed by atoms with Crippen molar-refractivity contribution in [3.05, 3.63) is 34.9 Å². The first-order chi connectivity index (χ1) is 14.0.